The minimum atomic E-state index is -3.01. The van der Waals surface area contributed by atoms with Gasteiger partial charge in [0, 0.05) is 28.8 Å². The van der Waals surface area contributed by atoms with Crippen molar-refractivity contribution in [3.05, 3.63) is 63.6 Å². The summed E-state index contributed by atoms with van der Waals surface area (Å²) < 4.78 is 34.0. The van der Waals surface area contributed by atoms with Crippen molar-refractivity contribution in [1.82, 2.24) is 5.32 Å². The number of hydrogen-bond donors (Lipinski definition) is 4. The molecular formula is C23H30BrF2NO4. The van der Waals surface area contributed by atoms with Gasteiger partial charge in [-0.15, -0.1) is 0 Å². The molecule has 172 valence electrons. The van der Waals surface area contributed by atoms with Gasteiger partial charge in [0.1, 0.15) is 12.4 Å². The number of nitrogens with one attached hydrogen (secondary N) is 1. The van der Waals surface area contributed by atoms with Gasteiger partial charge in [0.2, 0.25) is 0 Å². The topological polar surface area (TPSA) is 82.0 Å². The van der Waals surface area contributed by atoms with Crippen LogP contribution in [0.5, 0.6) is 5.75 Å². The molecule has 5 nitrogen and oxygen atoms in total. The van der Waals surface area contributed by atoms with Gasteiger partial charge in [-0.05, 0) is 49.2 Å². The van der Waals surface area contributed by atoms with Gasteiger partial charge in [-0.3, -0.25) is 0 Å². The molecule has 0 fully saturated rings. The Morgan fingerprint density at radius 3 is 2.58 bits per heavy atom. The van der Waals surface area contributed by atoms with Gasteiger partial charge >= 0.3 is 0 Å². The maximum atomic E-state index is 14.1. The molecule has 0 radical (unpaired) electrons. The van der Waals surface area contributed by atoms with Crippen molar-refractivity contribution in [1.29, 1.82) is 0 Å². The van der Waals surface area contributed by atoms with Crippen molar-refractivity contribution in [2.24, 2.45) is 0 Å². The first-order valence-corrected chi connectivity index (χ1v) is 11.2. The number of hydrogen-bond acceptors (Lipinski definition) is 5. The van der Waals surface area contributed by atoms with Gasteiger partial charge in [-0.25, -0.2) is 0 Å². The molecule has 0 aliphatic rings. The zero-order chi connectivity index (χ0) is 22.7. The molecule has 2 aromatic carbocycles. The highest BCUT2D eigenvalue weighted by Crippen LogP contribution is 2.30. The van der Waals surface area contributed by atoms with Crippen LogP contribution in [0.25, 0.3) is 0 Å². The number of aliphatic hydroxyl groups is 2. The first kappa shape index (κ1) is 25.7. The van der Waals surface area contributed by atoms with Crippen molar-refractivity contribution in [3.63, 3.8) is 0 Å². The molecule has 0 saturated carbocycles. The van der Waals surface area contributed by atoms with Crippen molar-refractivity contribution in [2.75, 3.05) is 26.3 Å². The van der Waals surface area contributed by atoms with Crippen LogP contribution in [0, 0.1) is 0 Å². The Labute approximate surface area is 190 Å². The number of rotatable bonds is 14. The van der Waals surface area contributed by atoms with Crippen LogP contribution in [0.1, 0.15) is 48.5 Å². The Morgan fingerprint density at radius 1 is 1.06 bits per heavy atom. The molecule has 0 aromatic heterocycles. The molecule has 0 spiro atoms. The van der Waals surface area contributed by atoms with Crippen LogP contribution >= 0.6 is 15.9 Å². The van der Waals surface area contributed by atoms with E-state index in [-0.39, 0.29) is 17.9 Å². The van der Waals surface area contributed by atoms with E-state index in [2.05, 4.69) is 21.2 Å². The lowest BCUT2D eigenvalue weighted by Crippen LogP contribution is -2.22. The first-order valence-electron chi connectivity index (χ1n) is 10.4. The summed E-state index contributed by atoms with van der Waals surface area (Å²) in [7, 11) is 0. The quantitative estimate of drug-likeness (QED) is 0.283. The molecule has 31 heavy (non-hydrogen) atoms. The van der Waals surface area contributed by atoms with Gasteiger partial charge in [0.15, 0.2) is 0 Å². The summed E-state index contributed by atoms with van der Waals surface area (Å²) in [5.41, 5.74) is 0.953. The summed E-state index contributed by atoms with van der Waals surface area (Å²) in [5.74, 6) is -3.00. The number of alkyl halides is 2. The van der Waals surface area contributed by atoms with E-state index in [9.17, 15) is 24.1 Å². The second kappa shape index (κ2) is 13.1. The summed E-state index contributed by atoms with van der Waals surface area (Å²) in [6.45, 7) is 0.473. The number of halogens is 3. The number of phenols is 1. The van der Waals surface area contributed by atoms with Gasteiger partial charge in [0.25, 0.3) is 5.92 Å². The SMILES string of the molecule is OCc1cc([C@@H](O)CNCCCCCCOCC(F)(F)c2cccc(Br)c2)ccc1O. The third-order valence-electron chi connectivity index (χ3n) is 4.92. The van der Waals surface area contributed by atoms with E-state index >= 15 is 0 Å². The lowest BCUT2D eigenvalue weighted by Gasteiger charge is -2.17. The monoisotopic (exact) mass is 501 g/mol. The van der Waals surface area contributed by atoms with E-state index in [4.69, 9.17) is 4.74 Å². The lowest BCUT2D eigenvalue weighted by atomic mass is 10.1. The van der Waals surface area contributed by atoms with Crippen LogP contribution in [0.15, 0.2) is 46.9 Å². The largest absolute Gasteiger partial charge is 0.508 e. The van der Waals surface area contributed by atoms with E-state index < -0.39 is 18.6 Å². The summed E-state index contributed by atoms with van der Waals surface area (Å²) in [5, 5.41) is 32.1. The highest BCUT2D eigenvalue weighted by atomic mass is 79.9. The molecule has 0 aliphatic heterocycles. The number of aromatic hydroxyl groups is 1. The van der Waals surface area contributed by atoms with Crippen LogP contribution in [-0.4, -0.2) is 41.6 Å². The van der Waals surface area contributed by atoms with Crippen LogP contribution in [0.4, 0.5) is 8.78 Å². The second-order valence-electron chi connectivity index (χ2n) is 7.45. The average molecular weight is 502 g/mol. The van der Waals surface area contributed by atoms with Gasteiger partial charge in [-0.2, -0.15) is 8.78 Å². The molecular weight excluding hydrogens is 472 g/mol. The molecule has 2 aromatic rings. The number of aliphatic hydroxyl groups excluding tert-OH is 2. The fourth-order valence-corrected chi connectivity index (χ4v) is 3.50. The highest BCUT2D eigenvalue weighted by molar-refractivity contribution is 9.10. The minimum Gasteiger partial charge on any atom is -0.508 e. The summed E-state index contributed by atoms with van der Waals surface area (Å²) >= 11 is 3.20. The molecule has 8 heteroatoms. The van der Waals surface area contributed by atoms with Crippen LogP contribution in [0.2, 0.25) is 0 Å². The molecule has 0 saturated heterocycles. The van der Waals surface area contributed by atoms with E-state index in [1.807, 2.05) is 0 Å². The Balaban J connectivity index is 1.52. The van der Waals surface area contributed by atoms with Crippen LogP contribution < -0.4 is 5.32 Å². The van der Waals surface area contributed by atoms with E-state index in [0.29, 0.717) is 35.2 Å². The maximum Gasteiger partial charge on any atom is 0.296 e. The smallest absolute Gasteiger partial charge is 0.296 e. The third-order valence-corrected chi connectivity index (χ3v) is 5.41. The Hall–Kier alpha value is -1.58. The molecule has 0 heterocycles. The number of ether oxygens (including phenoxy) is 1. The molecule has 4 N–H and O–H groups in total. The molecule has 0 unspecified atom stereocenters. The molecule has 0 aliphatic carbocycles. The number of unbranched alkanes of at least 4 members (excludes halogenated alkanes) is 3. The summed E-state index contributed by atoms with van der Waals surface area (Å²) in [6.07, 6.45) is 2.70. The van der Waals surface area contributed by atoms with Gasteiger partial charge in [-0.1, -0.05) is 47.0 Å². The van der Waals surface area contributed by atoms with E-state index in [0.717, 1.165) is 25.8 Å². The van der Waals surface area contributed by atoms with Crippen molar-refractivity contribution >= 4 is 15.9 Å². The summed E-state index contributed by atoms with van der Waals surface area (Å²) in [6, 6.07) is 10.8. The van der Waals surface area contributed by atoms with Gasteiger partial charge < -0.3 is 25.4 Å². The van der Waals surface area contributed by atoms with Gasteiger partial charge in [0.05, 0.1) is 12.7 Å². The van der Waals surface area contributed by atoms with Crippen molar-refractivity contribution in [3.8, 4) is 5.75 Å². The predicted molar refractivity (Wildman–Crippen MR) is 119 cm³/mol. The molecule has 1 atom stereocenters. The molecule has 0 bridgehead atoms. The standard InChI is InChI=1S/C23H30BrF2NO4/c24-20-7-5-6-19(13-20)23(25,26)16-31-11-4-2-1-3-10-27-14-22(30)17-8-9-21(29)18(12-17)15-28/h5-9,12-13,22,27-30H,1-4,10-11,14-16H2/t22-/m0/s1. The van der Waals surface area contributed by atoms with E-state index in [1.165, 1.54) is 18.2 Å². The first-order chi connectivity index (χ1) is 14.8. The average Bonchev–Trinajstić information content (AvgIpc) is 2.75. The predicted octanol–water partition coefficient (Wildman–Crippen LogP) is 4.64. The molecule has 0 amide bonds. The molecule has 2 rings (SSSR count). The zero-order valence-corrected chi connectivity index (χ0v) is 19.0. The van der Waals surface area contributed by atoms with Crippen LogP contribution in [0.3, 0.4) is 0 Å². The summed E-state index contributed by atoms with van der Waals surface area (Å²) in [4.78, 5) is 0. The Kier molecular flexibility index (Phi) is 10.8. The fraction of sp³-hybridized carbons (Fsp3) is 0.478. The van der Waals surface area contributed by atoms with E-state index in [1.54, 1.807) is 24.3 Å². The highest BCUT2D eigenvalue weighted by Gasteiger charge is 2.31. The fourth-order valence-electron chi connectivity index (χ4n) is 3.10. The Morgan fingerprint density at radius 2 is 1.84 bits per heavy atom. The third kappa shape index (κ3) is 8.82. The van der Waals surface area contributed by atoms with Crippen molar-refractivity contribution < 1.29 is 28.8 Å². The van der Waals surface area contributed by atoms with Crippen LogP contribution in [-0.2, 0) is 17.3 Å². The zero-order valence-electron chi connectivity index (χ0n) is 17.4. The second-order valence-corrected chi connectivity index (χ2v) is 8.36. The lowest BCUT2D eigenvalue weighted by molar-refractivity contribution is -0.0831. The van der Waals surface area contributed by atoms with Crippen molar-refractivity contribution in [2.45, 2.75) is 44.3 Å². The number of benzene rings is 2. The normalized spacial score (nSPS) is 12.8. The minimum absolute atomic E-state index is 0.00671. The maximum absolute atomic E-state index is 14.1. The Bertz CT molecular complexity index is 807.